The molecule has 0 saturated carbocycles. The molecule has 3 heterocycles. The number of carboxylic acids is 2. The van der Waals surface area contributed by atoms with E-state index in [0.29, 0.717) is 18.8 Å². The average Bonchev–Trinajstić information content (AvgIpc) is 3.22. The number of nitrogens with one attached hydrogen (secondary N) is 2. The number of rotatable bonds is 5. The number of hydrogen-bond acceptors (Lipinski definition) is 5. The first-order valence-corrected chi connectivity index (χ1v) is 11.7. The van der Waals surface area contributed by atoms with Gasteiger partial charge < -0.3 is 19.9 Å². The highest BCUT2D eigenvalue weighted by molar-refractivity contribution is 9.10. The highest BCUT2D eigenvalue weighted by Gasteiger charge is 2.35. The Labute approximate surface area is 210 Å². The number of para-hydroxylation sites is 1. The zero-order valence-electron chi connectivity index (χ0n) is 18.9. The van der Waals surface area contributed by atoms with Gasteiger partial charge in [0.25, 0.3) is 5.97 Å². The number of benzene rings is 2. The van der Waals surface area contributed by atoms with E-state index >= 15 is 0 Å². The normalized spacial score (nSPS) is 16.6. The number of carboxylic acid groups (broad SMARTS) is 2. The Morgan fingerprint density at radius 2 is 1.86 bits per heavy atom. The van der Waals surface area contributed by atoms with Crippen molar-refractivity contribution in [1.82, 2.24) is 15.3 Å². The van der Waals surface area contributed by atoms with Crippen LogP contribution < -0.4 is 10.1 Å². The van der Waals surface area contributed by atoms with Gasteiger partial charge in [0, 0.05) is 46.2 Å². The molecule has 0 radical (unpaired) electrons. The van der Waals surface area contributed by atoms with E-state index < -0.39 is 18.0 Å². The second kappa shape index (κ2) is 10.7. The molecule has 0 bridgehead atoms. The van der Waals surface area contributed by atoms with Crippen LogP contribution in [0, 0.1) is 0 Å². The molecule has 5 rings (SSSR count). The van der Waals surface area contributed by atoms with Crippen molar-refractivity contribution in [3.63, 3.8) is 0 Å². The Morgan fingerprint density at radius 3 is 2.57 bits per heavy atom. The third-order valence-electron chi connectivity index (χ3n) is 5.59. The third-order valence-corrected chi connectivity index (χ3v) is 6.09. The fourth-order valence-electron chi connectivity index (χ4n) is 4.15. The van der Waals surface area contributed by atoms with Gasteiger partial charge in [0.1, 0.15) is 18.4 Å². The minimum absolute atomic E-state index is 0.324. The number of H-pyrrole nitrogens is 1. The zero-order chi connectivity index (χ0) is 24.9. The standard InChI is InChI=1S/C24H20BrN3O3.C2H4O2/c25-14-8-9-21(31-13-15-5-3-4-10-26-15)18(11-14)23-22-17(12-20(28-23)24(29)30)16-6-1-2-7-19(16)27-22;1-2(3)4/h1-11,20,23,27-28H,12-13H2,(H,29,30);1H3,(H,3,4). The first kappa shape index (κ1) is 24.4. The maximum absolute atomic E-state index is 11.9. The summed E-state index contributed by atoms with van der Waals surface area (Å²) in [6, 6.07) is 18.4. The summed E-state index contributed by atoms with van der Waals surface area (Å²) in [6.45, 7) is 1.41. The summed E-state index contributed by atoms with van der Waals surface area (Å²) < 4.78 is 7.02. The minimum atomic E-state index is -0.869. The fourth-order valence-corrected chi connectivity index (χ4v) is 4.53. The molecule has 2 atom stereocenters. The lowest BCUT2D eigenvalue weighted by Crippen LogP contribution is -2.45. The molecule has 0 spiro atoms. The van der Waals surface area contributed by atoms with Gasteiger partial charge >= 0.3 is 5.97 Å². The van der Waals surface area contributed by atoms with Gasteiger partial charge in [-0.2, -0.15) is 0 Å². The fraction of sp³-hybridized carbons (Fsp3) is 0.192. The minimum Gasteiger partial charge on any atom is -0.487 e. The number of aliphatic carboxylic acids is 2. The number of aromatic amines is 1. The summed E-state index contributed by atoms with van der Waals surface area (Å²) in [5.41, 5.74) is 4.69. The molecule has 1 aliphatic rings. The lowest BCUT2D eigenvalue weighted by molar-refractivity contribution is -0.140. The van der Waals surface area contributed by atoms with Gasteiger partial charge in [-0.3, -0.25) is 19.9 Å². The van der Waals surface area contributed by atoms with Crippen molar-refractivity contribution < 1.29 is 24.5 Å². The molecule has 0 aliphatic carbocycles. The van der Waals surface area contributed by atoms with E-state index in [1.54, 1.807) is 6.20 Å². The second-order valence-electron chi connectivity index (χ2n) is 8.07. The lowest BCUT2D eigenvalue weighted by Gasteiger charge is -2.30. The van der Waals surface area contributed by atoms with Crippen molar-refractivity contribution in [1.29, 1.82) is 0 Å². The average molecular weight is 538 g/mol. The predicted octanol–water partition coefficient (Wildman–Crippen LogP) is 4.68. The Hall–Kier alpha value is -3.69. The van der Waals surface area contributed by atoms with Gasteiger partial charge in [0.2, 0.25) is 0 Å². The van der Waals surface area contributed by atoms with E-state index in [4.69, 9.17) is 14.6 Å². The van der Waals surface area contributed by atoms with E-state index in [1.165, 1.54) is 0 Å². The molecule has 9 heteroatoms. The summed E-state index contributed by atoms with van der Waals surface area (Å²) in [5.74, 6) is -1.02. The van der Waals surface area contributed by atoms with Crippen LogP contribution in [0.1, 0.15) is 35.5 Å². The number of nitrogens with zero attached hydrogens (tertiary/aromatic N) is 1. The summed E-state index contributed by atoms with van der Waals surface area (Å²) in [4.78, 5) is 28.8. The van der Waals surface area contributed by atoms with Crippen molar-refractivity contribution in [3.8, 4) is 5.75 Å². The van der Waals surface area contributed by atoms with Crippen LogP contribution in [-0.2, 0) is 22.6 Å². The van der Waals surface area contributed by atoms with Gasteiger partial charge in [-0.25, -0.2) is 0 Å². The van der Waals surface area contributed by atoms with E-state index in [2.05, 4.69) is 31.2 Å². The van der Waals surface area contributed by atoms with Gasteiger partial charge in [-0.15, -0.1) is 0 Å². The van der Waals surface area contributed by atoms with Crippen LogP contribution >= 0.6 is 15.9 Å². The first-order valence-electron chi connectivity index (χ1n) is 10.9. The highest BCUT2D eigenvalue weighted by atomic mass is 79.9. The SMILES string of the molecule is CC(=O)O.O=C(O)C1Cc2c([nH]c3ccccc23)C(c2cc(Br)ccc2OCc2ccccn2)N1. The molecule has 4 N–H and O–H groups in total. The molecule has 2 aromatic heterocycles. The van der Waals surface area contributed by atoms with Crippen molar-refractivity contribution in [2.45, 2.75) is 32.0 Å². The molecule has 4 aromatic rings. The Bertz CT molecular complexity index is 1350. The van der Waals surface area contributed by atoms with Crippen molar-refractivity contribution in [2.75, 3.05) is 0 Å². The van der Waals surface area contributed by atoms with E-state index in [1.807, 2.05) is 60.7 Å². The maximum Gasteiger partial charge on any atom is 0.321 e. The number of pyridine rings is 1. The van der Waals surface area contributed by atoms with Gasteiger partial charge in [0.15, 0.2) is 0 Å². The van der Waals surface area contributed by atoms with Gasteiger partial charge in [-0.05, 0) is 42.0 Å². The van der Waals surface area contributed by atoms with E-state index in [-0.39, 0.29) is 6.04 Å². The quantitative estimate of drug-likeness (QED) is 0.291. The number of aromatic nitrogens is 2. The molecule has 35 heavy (non-hydrogen) atoms. The van der Waals surface area contributed by atoms with Crippen LogP contribution in [0.3, 0.4) is 0 Å². The van der Waals surface area contributed by atoms with Crippen LogP contribution in [0.4, 0.5) is 0 Å². The van der Waals surface area contributed by atoms with Crippen LogP contribution in [0.15, 0.2) is 71.3 Å². The second-order valence-corrected chi connectivity index (χ2v) is 8.98. The summed E-state index contributed by atoms with van der Waals surface area (Å²) in [6.07, 6.45) is 2.15. The molecular weight excluding hydrogens is 514 g/mol. The van der Waals surface area contributed by atoms with Crippen LogP contribution in [0.25, 0.3) is 10.9 Å². The van der Waals surface area contributed by atoms with Gasteiger partial charge in [-0.1, -0.05) is 40.2 Å². The Kier molecular flexibility index (Phi) is 7.48. The molecule has 0 fully saturated rings. The van der Waals surface area contributed by atoms with Crippen LogP contribution in [0.5, 0.6) is 5.75 Å². The number of fused-ring (bicyclic) bond motifs is 3. The molecular formula is C26H24BrN3O5. The first-order chi connectivity index (χ1) is 16.8. The van der Waals surface area contributed by atoms with Crippen molar-refractivity contribution in [3.05, 3.63) is 93.8 Å². The molecule has 8 nitrogen and oxygen atoms in total. The zero-order valence-corrected chi connectivity index (χ0v) is 20.5. The van der Waals surface area contributed by atoms with Crippen LogP contribution in [-0.4, -0.2) is 38.2 Å². The Morgan fingerprint density at radius 1 is 1.11 bits per heavy atom. The smallest absolute Gasteiger partial charge is 0.321 e. The number of ether oxygens (including phenoxy) is 1. The number of hydrogen-bond donors (Lipinski definition) is 4. The number of carbonyl (C=O) groups is 2. The predicted molar refractivity (Wildman–Crippen MR) is 134 cm³/mol. The molecule has 2 unspecified atom stereocenters. The Balaban J connectivity index is 0.000000672. The van der Waals surface area contributed by atoms with Crippen molar-refractivity contribution in [2.24, 2.45) is 0 Å². The van der Waals surface area contributed by atoms with Crippen molar-refractivity contribution >= 4 is 38.8 Å². The van der Waals surface area contributed by atoms with E-state index in [0.717, 1.165) is 44.8 Å². The highest BCUT2D eigenvalue weighted by Crippen LogP contribution is 2.39. The summed E-state index contributed by atoms with van der Waals surface area (Å²) >= 11 is 3.56. The molecule has 2 aromatic carbocycles. The van der Waals surface area contributed by atoms with Gasteiger partial charge in [0.05, 0.1) is 11.7 Å². The molecule has 1 aliphatic heterocycles. The summed E-state index contributed by atoms with van der Waals surface area (Å²) in [5, 5.41) is 21.6. The third kappa shape index (κ3) is 5.70. The monoisotopic (exact) mass is 537 g/mol. The largest absolute Gasteiger partial charge is 0.487 e. The number of halogens is 1. The van der Waals surface area contributed by atoms with Crippen LogP contribution in [0.2, 0.25) is 0 Å². The molecule has 0 amide bonds. The molecule has 180 valence electrons. The molecule has 0 saturated heterocycles. The lowest BCUT2D eigenvalue weighted by atomic mass is 9.90. The topological polar surface area (TPSA) is 125 Å². The van der Waals surface area contributed by atoms with E-state index in [9.17, 15) is 9.90 Å². The summed E-state index contributed by atoms with van der Waals surface area (Å²) in [7, 11) is 0. The maximum atomic E-state index is 11.9.